The number of carbonyl (C=O) groups excluding carboxylic acids is 1. The van der Waals surface area contributed by atoms with E-state index >= 15 is 0 Å². The van der Waals surface area contributed by atoms with Crippen LogP contribution in [-0.4, -0.2) is 62.4 Å². The van der Waals surface area contributed by atoms with Crippen molar-refractivity contribution in [1.82, 2.24) is 15.5 Å². The number of halogens is 1. The second kappa shape index (κ2) is 13.5. The largest absolute Gasteiger partial charge is 0.492 e. The molecule has 0 aliphatic carbocycles. The Kier molecular flexibility index (Phi) is 11.7. The summed E-state index contributed by atoms with van der Waals surface area (Å²) in [5, 5.41) is 6.73. The van der Waals surface area contributed by atoms with Crippen LogP contribution in [0.25, 0.3) is 0 Å². The molecular weight excluding hydrogens is 471 g/mol. The highest BCUT2D eigenvalue weighted by Crippen LogP contribution is 2.12. The number of nitrogens with zero attached hydrogens (tertiary/aromatic N) is 2. The Morgan fingerprint density at radius 3 is 2.50 bits per heavy atom. The zero-order valence-electron chi connectivity index (χ0n) is 17.1. The number of ether oxygens (including phenoxy) is 2. The van der Waals surface area contributed by atoms with Gasteiger partial charge in [-0.15, -0.1) is 24.0 Å². The minimum absolute atomic E-state index is 0. The molecule has 8 heteroatoms. The van der Waals surface area contributed by atoms with Crippen LogP contribution in [0.5, 0.6) is 5.75 Å². The van der Waals surface area contributed by atoms with Gasteiger partial charge in [-0.25, -0.2) is 9.79 Å². The van der Waals surface area contributed by atoms with Crippen LogP contribution in [0.15, 0.2) is 29.3 Å². The van der Waals surface area contributed by atoms with Crippen LogP contribution in [0, 0.1) is 6.92 Å². The van der Waals surface area contributed by atoms with E-state index in [0.717, 1.165) is 31.1 Å². The molecule has 1 amide bonds. The number of hydrogen-bond donors (Lipinski definition) is 2. The first-order valence-electron chi connectivity index (χ1n) is 9.78. The zero-order valence-corrected chi connectivity index (χ0v) is 19.4. The molecular formula is C20H33IN4O3. The Morgan fingerprint density at radius 2 is 1.89 bits per heavy atom. The topological polar surface area (TPSA) is 75.2 Å². The molecule has 0 atom stereocenters. The fraction of sp³-hybridized carbons (Fsp3) is 0.600. The predicted octanol–water partition coefficient (Wildman–Crippen LogP) is 3.17. The van der Waals surface area contributed by atoms with Gasteiger partial charge in [0.15, 0.2) is 5.96 Å². The van der Waals surface area contributed by atoms with E-state index in [1.54, 1.807) is 4.90 Å². The van der Waals surface area contributed by atoms with E-state index in [9.17, 15) is 4.79 Å². The van der Waals surface area contributed by atoms with Gasteiger partial charge in [-0.1, -0.05) is 17.7 Å². The van der Waals surface area contributed by atoms with Crippen molar-refractivity contribution in [3.05, 3.63) is 29.8 Å². The summed E-state index contributed by atoms with van der Waals surface area (Å²) in [6.45, 7) is 9.65. The summed E-state index contributed by atoms with van der Waals surface area (Å²) in [5.74, 6) is 1.65. The van der Waals surface area contributed by atoms with Crippen molar-refractivity contribution in [2.75, 3.05) is 39.4 Å². The highest BCUT2D eigenvalue weighted by atomic mass is 127. The number of carbonyl (C=O) groups is 1. The molecule has 2 N–H and O–H groups in total. The Morgan fingerprint density at radius 1 is 1.21 bits per heavy atom. The van der Waals surface area contributed by atoms with E-state index in [4.69, 9.17) is 9.47 Å². The van der Waals surface area contributed by atoms with Crippen LogP contribution in [0.2, 0.25) is 0 Å². The van der Waals surface area contributed by atoms with Gasteiger partial charge in [0.2, 0.25) is 0 Å². The number of hydrogen-bond acceptors (Lipinski definition) is 4. The Labute approximate surface area is 185 Å². The normalized spacial score (nSPS) is 14.8. The average Bonchev–Trinajstić information content (AvgIpc) is 2.67. The molecule has 1 aromatic carbocycles. The number of aliphatic imine (C=N–C) groups is 1. The van der Waals surface area contributed by atoms with E-state index in [-0.39, 0.29) is 30.1 Å². The fourth-order valence-corrected chi connectivity index (χ4v) is 2.89. The molecule has 1 aliphatic heterocycles. The summed E-state index contributed by atoms with van der Waals surface area (Å²) < 4.78 is 10.8. The van der Waals surface area contributed by atoms with Crippen molar-refractivity contribution in [3.63, 3.8) is 0 Å². The minimum Gasteiger partial charge on any atom is -0.492 e. The summed E-state index contributed by atoms with van der Waals surface area (Å²) in [7, 11) is 0. The third-order valence-electron chi connectivity index (χ3n) is 4.36. The minimum atomic E-state index is -0.218. The maximum Gasteiger partial charge on any atom is 0.409 e. The molecule has 0 saturated carbocycles. The maximum absolute atomic E-state index is 11.8. The van der Waals surface area contributed by atoms with Crippen LogP contribution >= 0.6 is 24.0 Å². The fourth-order valence-electron chi connectivity index (χ4n) is 2.89. The van der Waals surface area contributed by atoms with Crippen LogP contribution in [0.4, 0.5) is 4.79 Å². The van der Waals surface area contributed by atoms with Crippen LogP contribution < -0.4 is 15.4 Å². The second-order valence-corrected chi connectivity index (χ2v) is 6.53. The first-order valence-corrected chi connectivity index (χ1v) is 9.78. The molecule has 0 bridgehead atoms. The maximum atomic E-state index is 11.8. The third-order valence-corrected chi connectivity index (χ3v) is 4.36. The van der Waals surface area contributed by atoms with Gasteiger partial charge < -0.3 is 25.0 Å². The summed E-state index contributed by atoms with van der Waals surface area (Å²) >= 11 is 0. The van der Waals surface area contributed by atoms with E-state index in [2.05, 4.69) is 22.5 Å². The number of piperidine rings is 1. The molecule has 2 rings (SSSR count). The van der Waals surface area contributed by atoms with Crippen LogP contribution in [0.3, 0.4) is 0 Å². The SMILES string of the molecule is CCNC(=NCCOc1ccc(C)cc1)NC1CCN(C(=O)OCC)CC1.I. The van der Waals surface area contributed by atoms with Gasteiger partial charge in [-0.3, -0.25) is 0 Å². The first kappa shape index (κ1) is 24.3. The Hall–Kier alpha value is -1.71. The number of aryl methyl sites for hydroxylation is 1. The van der Waals surface area contributed by atoms with Crippen molar-refractivity contribution < 1.29 is 14.3 Å². The lowest BCUT2D eigenvalue weighted by molar-refractivity contribution is 0.0963. The first-order chi connectivity index (χ1) is 13.1. The lowest BCUT2D eigenvalue weighted by Gasteiger charge is -2.32. The molecule has 0 spiro atoms. The lowest BCUT2D eigenvalue weighted by Crippen LogP contribution is -2.50. The van der Waals surface area contributed by atoms with E-state index in [1.807, 2.05) is 38.1 Å². The molecule has 0 unspecified atom stereocenters. The smallest absolute Gasteiger partial charge is 0.409 e. The number of nitrogens with one attached hydrogen (secondary N) is 2. The lowest BCUT2D eigenvalue weighted by atomic mass is 10.1. The molecule has 1 heterocycles. The molecule has 1 aliphatic rings. The van der Waals surface area contributed by atoms with Gasteiger partial charge in [0.1, 0.15) is 12.4 Å². The van der Waals surface area contributed by atoms with Crippen molar-refractivity contribution >= 4 is 36.0 Å². The summed E-state index contributed by atoms with van der Waals surface area (Å²) in [6, 6.07) is 8.31. The predicted molar refractivity (Wildman–Crippen MR) is 123 cm³/mol. The van der Waals surface area contributed by atoms with Crippen molar-refractivity contribution in [1.29, 1.82) is 0 Å². The number of amides is 1. The van der Waals surface area contributed by atoms with E-state index < -0.39 is 0 Å². The molecule has 0 aromatic heterocycles. The van der Waals surface area contributed by atoms with Crippen molar-refractivity contribution in [2.45, 2.75) is 39.7 Å². The monoisotopic (exact) mass is 504 g/mol. The number of rotatable bonds is 7. The Balaban J connectivity index is 0.00000392. The zero-order chi connectivity index (χ0) is 19.5. The van der Waals surface area contributed by atoms with Gasteiger partial charge in [-0.05, 0) is 45.7 Å². The number of benzene rings is 1. The molecule has 0 radical (unpaired) electrons. The van der Waals surface area contributed by atoms with Gasteiger partial charge in [0.05, 0.1) is 13.2 Å². The van der Waals surface area contributed by atoms with E-state index in [0.29, 0.717) is 38.9 Å². The van der Waals surface area contributed by atoms with Crippen LogP contribution in [0.1, 0.15) is 32.3 Å². The van der Waals surface area contributed by atoms with Gasteiger partial charge >= 0.3 is 6.09 Å². The second-order valence-electron chi connectivity index (χ2n) is 6.53. The highest BCUT2D eigenvalue weighted by Gasteiger charge is 2.23. The molecule has 28 heavy (non-hydrogen) atoms. The quantitative estimate of drug-likeness (QED) is 0.258. The molecule has 1 aromatic rings. The summed E-state index contributed by atoms with van der Waals surface area (Å²) in [5.41, 5.74) is 1.22. The van der Waals surface area contributed by atoms with Crippen molar-refractivity contribution in [3.8, 4) is 5.75 Å². The van der Waals surface area contributed by atoms with Crippen LogP contribution in [-0.2, 0) is 4.74 Å². The van der Waals surface area contributed by atoms with Gasteiger partial charge in [0.25, 0.3) is 0 Å². The van der Waals surface area contributed by atoms with Gasteiger partial charge in [-0.2, -0.15) is 0 Å². The third kappa shape index (κ3) is 8.53. The molecule has 1 saturated heterocycles. The molecule has 158 valence electrons. The molecule has 7 nitrogen and oxygen atoms in total. The average molecular weight is 504 g/mol. The molecule has 1 fully saturated rings. The number of guanidine groups is 1. The highest BCUT2D eigenvalue weighted by molar-refractivity contribution is 14.0. The number of likely N-dealkylation sites (tertiary alicyclic amines) is 1. The Bertz CT molecular complexity index is 602. The standard InChI is InChI=1S/C20H32N4O3.HI/c1-4-21-19(22-12-15-27-18-8-6-16(3)7-9-18)23-17-10-13-24(14-11-17)20(25)26-5-2;/h6-9,17H,4-5,10-15H2,1-3H3,(H2,21,22,23);1H. The van der Waals surface area contributed by atoms with Gasteiger partial charge in [0, 0.05) is 25.7 Å². The van der Waals surface area contributed by atoms with Crippen molar-refractivity contribution in [2.24, 2.45) is 4.99 Å². The summed E-state index contributed by atoms with van der Waals surface area (Å²) in [6.07, 6.45) is 1.54. The summed E-state index contributed by atoms with van der Waals surface area (Å²) in [4.78, 5) is 18.1. The van der Waals surface area contributed by atoms with E-state index in [1.165, 1.54) is 5.56 Å².